The molecule has 3 rings (SSSR count). The van der Waals surface area contributed by atoms with Gasteiger partial charge < -0.3 is 15.4 Å². The van der Waals surface area contributed by atoms with Crippen LogP contribution in [0.25, 0.3) is 0 Å². The highest BCUT2D eigenvalue weighted by Gasteiger charge is 2.17. The number of nitrogens with two attached hydrogens (primary N) is 1. The molecule has 0 bridgehead atoms. The van der Waals surface area contributed by atoms with Crippen LogP contribution < -0.4 is 15.4 Å². The van der Waals surface area contributed by atoms with E-state index in [1.807, 2.05) is 18.2 Å². The molecule has 1 aliphatic rings. The lowest BCUT2D eigenvalue weighted by Gasteiger charge is -2.15. The summed E-state index contributed by atoms with van der Waals surface area (Å²) in [5, 5.41) is 0. The Kier molecular flexibility index (Phi) is 4.25. The average Bonchev–Trinajstić information content (AvgIpc) is 2.95. The molecule has 0 saturated carbocycles. The minimum Gasteiger partial charge on any atom is -0.423 e. The van der Waals surface area contributed by atoms with Crippen LogP contribution in [-0.2, 0) is 0 Å². The van der Waals surface area contributed by atoms with Crippen molar-refractivity contribution < 1.29 is 4.74 Å². The van der Waals surface area contributed by atoms with Crippen molar-refractivity contribution >= 4 is 43.8 Å². The van der Waals surface area contributed by atoms with Crippen LogP contribution in [0.1, 0.15) is 12.8 Å². The molecule has 2 heterocycles. The maximum atomic E-state index is 5.75. The summed E-state index contributed by atoms with van der Waals surface area (Å²) < 4.78 is 7.47. The first-order valence-electron chi connectivity index (χ1n) is 6.51. The van der Waals surface area contributed by atoms with Gasteiger partial charge in [-0.3, -0.25) is 0 Å². The van der Waals surface area contributed by atoms with Gasteiger partial charge >= 0.3 is 6.01 Å². The van der Waals surface area contributed by atoms with Crippen LogP contribution in [0, 0.1) is 0 Å². The standard InChI is InChI=1S/C13H13Br2N5O/c14-8-3-4-10(9(15)7-8)21-13-18-11(16)17-12(19-13)20-5-1-2-6-20/h3-4,7H,1-2,5-6H2,(H2,16,17,18,19). The van der Waals surface area contributed by atoms with E-state index in [1.54, 1.807) is 0 Å². The Morgan fingerprint density at radius 3 is 2.57 bits per heavy atom. The van der Waals surface area contributed by atoms with Crippen LogP contribution in [0.4, 0.5) is 11.9 Å². The molecule has 1 aromatic carbocycles. The minimum absolute atomic E-state index is 0.162. The number of halogens is 2. The van der Waals surface area contributed by atoms with E-state index in [4.69, 9.17) is 10.5 Å². The molecule has 8 heteroatoms. The molecule has 0 amide bonds. The fraction of sp³-hybridized carbons (Fsp3) is 0.308. The Morgan fingerprint density at radius 2 is 1.86 bits per heavy atom. The molecule has 21 heavy (non-hydrogen) atoms. The van der Waals surface area contributed by atoms with Gasteiger partial charge in [-0.05, 0) is 47.0 Å². The van der Waals surface area contributed by atoms with Gasteiger partial charge in [-0.15, -0.1) is 0 Å². The summed E-state index contributed by atoms with van der Waals surface area (Å²) in [5.41, 5.74) is 5.75. The Balaban J connectivity index is 1.87. The predicted molar refractivity (Wildman–Crippen MR) is 87.6 cm³/mol. The van der Waals surface area contributed by atoms with Crippen LogP contribution in [0.15, 0.2) is 27.1 Å². The van der Waals surface area contributed by atoms with Gasteiger partial charge in [-0.25, -0.2) is 0 Å². The third-order valence-electron chi connectivity index (χ3n) is 3.10. The molecule has 0 atom stereocenters. The highest BCUT2D eigenvalue weighted by molar-refractivity contribution is 9.11. The number of hydrogen-bond acceptors (Lipinski definition) is 6. The number of nitrogen functional groups attached to an aromatic ring is 1. The van der Waals surface area contributed by atoms with Crippen molar-refractivity contribution in [3.63, 3.8) is 0 Å². The summed E-state index contributed by atoms with van der Waals surface area (Å²) in [6, 6.07) is 5.80. The maximum absolute atomic E-state index is 5.75. The van der Waals surface area contributed by atoms with Gasteiger partial charge in [0, 0.05) is 17.6 Å². The molecule has 0 aliphatic carbocycles. The lowest BCUT2D eigenvalue weighted by molar-refractivity contribution is 0.438. The number of nitrogens with zero attached hydrogens (tertiary/aromatic N) is 4. The second kappa shape index (κ2) is 6.15. The topological polar surface area (TPSA) is 77.2 Å². The van der Waals surface area contributed by atoms with Gasteiger partial charge in [0.15, 0.2) is 0 Å². The molecule has 6 nitrogen and oxygen atoms in total. The van der Waals surface area contributed by atoms with E-state index < -0.39 is 0 Å². The zero-order chi connectivity index (χ0) is 14.8. The van der Waals surface area contributed by atoms with Crippen LogP contribution >= 0.6 is 31.9 Å². The lowest BCUT2D eigenvalue weighted by atomic mass is 10.3. The van der Waals surface area contributed by atoms with E-state index in [9.17, 15) is 0 Å². The molecular weight excluding hydrogens is 402 g/mol. The van der Waals surface area contributed by atoms with Crippen LogP contribution in [0.2, 0.25) is 0 Å². The van der Waals surface area contributed by atoms with E-state index in [1.165, 1.54) is 0 Å². The smallest absolute Gasteiger partial charge is 0.328 e. The number of rotatable bonds is 3. The van der Waals surface area contributed by atoms with Crippen LogP contribution in [-0.4, -0.2) is 28.0 Å². The molecule has 1 saturated heterocycles. The zero-order valence-electron chi connectivity index (χ0n) is 11.1. The molecule has 0 unspecified atom stereocenters. The quantitative estimate of drug-likeness (QED) is 0.829. The zero-order valence-corrected chi connectivity index (χ0v) is 14.3. The minimum atomic E-state index is 0.162. The van der Waals surface area contributed by atoms with Crippen molar-refractivity contribution in [3.8, 4) is 11.8 Å². The van der Waals surface area contributed by atoms with E-state index in [-0.39, 0.29) is 12.0 Å². The molecule has 2 N–H and O–H groups in total. The van der Waals surface area contributed by atoms with Gasteiger partial charge in [-0.1, -0.05) is 15.9 Å². The summed E-state index contributed by atoms with van der Waals surface area (Å²) in [5.74, 6) is 1.36. The number of aromatic nitrogens is 3. The summed E-state index contributed by atoms with van der Waals surface area (Å²) >= 11 is 6.84. The second-order valence-electron chi connectivity index (χ2n) is 4.65. The van der Waals surface area contributed by atoms with Crippen LogP contribution in [0.3, 0.4) is 0 Å². The van der Waals surface area contributed by atoms with Gasteiger partial charge in [0.2, 0.25) is 11.9 Å². The number of benzene rings is 1. The van der Waals surface area contributed by atoms with Gasteiger partial charge in [-0.2, -0.15) is 15.0 Å². The highest BCUT2D eigenvalue weighted by atomic mass is 79.9. The van der Waals surface area contributed by atoms with Gasteiger partial charge in [0.05, 0.1) is 4.47 Å². The summed E-state index contributed by atoms with van der Waals surface area (Å²) in [6.07, 6.45) is 2.28. The molecule has 0 spiro atoms. The highest BCUT2D eigenvalue weighted by Crippen LogP contribution is 2.31. The summed E-state index contributed by atoms with van der Waals surface area (Å²) in [6.45, 7) is 1.87. The van der Waals surface area contributed by atoms with Crippen molar-refractivity contribution in [3.05, 3.63) is 27.1 Å². The van der Waals surface area contributed by atoms with Crippen molar-refractivity contribution in [2.45, 2.75) is 12.8 Å². The molecule has 1 aromatic heterocycles. The van der Waals surface area contributed by atoms with Crippen LogP contribution in [0.5, 0.6) is 11.8 Å². The molecule has 2 aromatic rings. The Bertz CT molecular complexity index is 661. The number of anilines is 2. The monoisotopic (exact) mass is 413 g/mol. The van der Waals surface area contributed by atoms with Gasteiger partial charge in [0.1, 0.15) is 5.75 Å². The van der Waals surface area contributed by atoms with Crippen molar-refractivity contribution in [1.29, 1.82) is 0 Å². The Morgan fingerprint density at radius 1 is 1.10 bits per heavy atom. The van der Waals surface area contributed by atoms with E-state index in [0.717, 1.165) is 34.9 Å². The van der Waals surface area contributed by atoms with Crippen molar-refractivity contribution in [1.82, 2.24) is 15.0 Å². The third-order valence-corrected chi connectivity index (χ3v) is 4.22. The van der Waals surface area contributed by atoms with E-state index in [0.29, 0.717) is 11.7 Å². The normalized spacial score (nSPS) is 14.5. The molecule has 110 valence electrons. The molecule has 1 fully saturated rings. The fourth-order valence-electron chi connectivity index (χ4n) is 2.12. The number of ether oxygens (including phenoxy) is 1. The summed E-state index contributed by atoms with van der Waals surface area (Å²) in [4.78, 5) is 14.6. The van der Waals surface area contributed by atoms with Crippen molar-refractivity contribution in [2.75, 3.05) is 23.7 Å². The SMILES string of the molecule is Nc1nc(Oc2ccc(Br)cc2Br)nc(N2CCCC2)n1. The molecule has 0 radical (unpaired) electrons. The lowest BCUT2D eigenvalue weighted by Crippen LogP contribution is -2.21. The maximum Gasteiger partial charge on any atom is 0.328 e. The Hall–Kier alpha value is -1.41. The largest absolute Gasteiger partial charge is 0.423 e. The first-order chi connectivity index (χ1) is 10.1. The van der Waals surface area contributed by atoms with Gasteiger partial charge in [0.25, 0.3) is 0 Å². The third kappa shape index (κ3) is 3.44. The van der Waals surface area contributed by atoms with Crippen molar-refractivity contribution in [2.24, 2.45) is 0 Å². The van der Waals surface area contributed by atoms with E-state index >= 15 is 0 Å². The molecule has 1 aliphatic heterocycles. The van der Waals surface area contributed by atoms with E-state index in [2.05, 4.69) is 51.7 Å². The fourth-order valence-corrected chi connectivity index (χ4v) is 3.25. The molecular formula is C13H13Br2N5O. The average molecular weight is 415 g/mol. The summed E-state index contributed by atoms with van der Waals surface area (Å²) in [7, 11) is 0. The number of hydrogen-bond donors (Lipinski definition) is 1. The first-order valence-corrected chi connectivity index (χ1v) is 8.10. The second-order valence-corrected chi connectivity index (χ2v) is 6.42. The predicted octanol–water partition coefficient (Wildman–Crippen LogP) is 3.37. The Labute approximate surface area is 139 Å². The first kappa shape index (κ1) is 14.5.